The topological polar surface area (TPSA) is 56.7 Å². The van der Waals surface area contributed by atoms with Crippen molar-refractivity contribution in [1.82, 2.24) is 14.5 Å². The molecule has 4 nitrogen and oxygen atoms in total. The predicted octanol–water partition coefficient (Wildman–Crippen LogP) is 3.47. The summed E-state index contributed by atoms with van der Waals surface area (Å²) < 4.78 is 2.48. The molecule has 1 fully saturated rings. The summed E-state index contributed by atoms with van der Waals surface area (Å²) in [6, 6.07) is 0. The minimum atomic E-state index is 0.667. The summed E-state index contributed by atoms with van der Waals surface area (Å²) in [5, 5.41) is 1.14. The SMILES string of the molecule is Nc1ncnc2c1c1c(n2CC2CCCCC2)CCCC1. The molecule has 2 heterocycles. The molecule has 21 heavy (non-hydrogen) atoms. The highest BCUT2D eigenvalue weighted by molar-refractivity contribution is 5.91. The molecule has 0 amide bonds. The van der Waals surface area contributed by atoms with Gasteiger partial charge in [-0.25, -0.2) is 9.97 Å². The Hall–Kier alpha value is -1.58. The number of anilines is 1. The van der Waals surface area contributed by atoms with Gasteiger partial charge in [0, 0.05) is 12.2 Å². The number of hydrogen-bond acceptors (Lipinski definition) is 3. The van der Waals surface area contributed by atoms with E-state index in [-0.39, 0.29) is 0 Å². The van der Waals surface area contributed by atoms with Gasteiger partial charge < -0.3 is 10.3 Å². The van der Waals surface area contributed by atoms with Crippen molar-refractivity contribution in [2.24, 2.45) is 5.92 Å². The van der Waals surface area contributed by atoms with Gasteiger partial charge in [0.1, 0.15) is 17.8 Å². The second kappa shape index (κ2) is 5.32. The Labute approximate surface area is 125 Å². The highest BCUT2D eigenvalue weighted by Gasteiger charge is 2.24. The summed E-state index contributed by atoms with van der Waals surface area (Å²) in [6.45, 7) is 1.13. The first-order chi connectivity index (χ1) is 10.3. The third-order valence-corrected chi connectivity index (χ3v) is 5.34. The van der Waals surface area contributed by atoms with Crippen molar-refractivity contribution in [1.29, 1.82) is 0 Å². The number of hydrogen-bond donors (Lipinski definition) is 1. The van der Waals surface area contributed by atoms with Gasteiger partial charge in [0.15, 0.2) is 0 Å². The smallest absolute Gasteiger partial charge is 0.145 e. The fraction of sp³-hybridized carbons (Fsp3) is 0.647. The Bertz CT molecular complexity index is 652. The first kappa shape index (κ1) is 13.1. The lowest BCUT2D eigenvalue weighted by Gasteiger charge is -2.24. The molecule has 0 aliphatic heterocycles. The summed E-state index contributed by atoms with van der Waals surface area (Å²) >= 11 is 0. The van der Waals surface area contributed by atoms with E-state index in [1.54, 1.807) is 6.33 Å². The van der Waals surface area contributed by atoms with Gasteiger partial charge in [0.25, 0.3) is 0 Å². The number of fused-ring (bicyclic) bond motifs is 3. The molecule has 2 aromatic heterocycles. The van der Waals surface area contributed by atoms with Crippen LogP contribution < -0.4 is 5.73 Å². The van der Waals surface area contributed by atoms with Crippen LogP contribution in [0.15, 0.2) is 6.33 Å². The molecule has 1 saturated carbocycles. The zero-order valence-corrected chi connectivity index (χ0v) is 12.6. The Balaban J connectivity index is 1.81. The zero-order valence-electron chi connectivity index (χ0n) is 12.6. The fourth-order valence-electron chi connectivity index (χ4n) is 4.29. The maximum Gasteiger partial charge on any atom is 0.145 e. The lowest BCUT2D eigenvalue weighted by Crippen LogP contribution is -2.17. The molecule has 4 rings (SSSR count). The first-order valence-corrected chi connectivity index (χ1v) is 8.45. The predicted molar refractivity (Wildman–Crippen MR) is 85.2 cm³/mol. The lowest BCUT2D eigenvalue weighted by atomic mass is 9.89. The van der Waals surface area contributed by atoms with Crippen LogP contribution in [0.3, 0.4) is 0 Å². The van der Waals surface area contributed by atoms with Crippen LogP contribution in [0.1, 0.15) is 56.2 Å². The van der Waals surface area contributed by atoms with Crippen LogP contribution in [-0.4, -0.2) is 14.5 Å². The summed E-state index contributed by atoms with van der Waals surface area (Å²) in [6.07, 6.45) is 13.4. The molecule has 0 unspecified atom stereocenters. The number of aryl methyl sites for hydroxylation is 1. The van der Waals surface area contributed by atoms with Crippen molar-refractivity contribution in [2.45, 2.75) is 64.3 Å². The largest absolute Gasteiger partial charge is 0.383 e. The highest BCUT2D eigenvalue weighted by atomic mass is 15.1. The van der Waals surface area contributed by atoms with E-state index in [0.717, 1.165) is 29.9 Å². The molecule has 0 aromatic carbocycles. The number of aromatic nitrogens is 3. The van der Waals surface area contributed by atoms with Crippen molar-refractivity contribution < 1.29 is 0 Å². The molecule has 0 spiro atoms. The van der Waals surface area contributed by atoms with E-state index in [1.165, 1.54) is 62.6 Å². The number of nitrogen functional groups attached to an aromatic ring is 1. The molecule has 0 radical (unpaired) electrons. The number of nitrogens with two attached hydrogens (primary N) is 1. The summed E-state index contributed by atoms with van der Waals surface area (Å²) in [7, 11) is 0. The van der Waals surface area contributed by atoms with E-state index < -0.39 is 0 Å². The van der Waals surface area contributed by atoms with E-state index in [1.807, 2.05) is 0 Å². The Morgan fingerprint density at radius 1 is 1.05 bits per heavy atom. The summed E-state index contributed by atoms with van der Waals surface area (Å²) in [5.41, 5.74) is 10.2. The van der Waals surface area contributed by atoms with Gasteiger partial charge in [-0.3, -0.25) is 0 Å². The molecule has 2 aliphatic rings. The molecule has 0 saturated heterocycles. The Morgan fingerprint density at radius 2 is 1.86 bits per heavy atom. The van der Waals surface area contributed by atoms with Crippen LogP contribution in [0.4, 0.5) is 5.82 Å². The molecule has 0 bridgehead atoms. The zero-order chi connectivity index (χ0) is 14.2. The van der Waals surface area contributed by atoms with Gasteiger partial charge in [-0.1, -0.05) is 19.3 Å². The van der Waals surface area contributed by atoms with Crippen LogP contribution >= 0.6 is 0 Å². The minimum Gasteiger partial charge on any atom is -0.383 e. The van der Waals surface area contributed by atoms with Crippen LogP contribution in [0.2, 0.25) is 0 Å². The lowest BCUT2D eigenvalue weighted by molar-refractivity contribution is 0.318. The van der Waals surface area contributed by atoms with Gasteiger partial charge in [0.2, 0.25) is 0 Å². The van der Waals surface area contributed by atoms with E-state index in [0.29, 0.717) is 5.82 Å². The number of rotatable bonds is 2. The average Bonchev–Trinajstić information content (AvgIpc) is 2.84. The maximum atomic E-state index is 6.16. The van der Waals surface area contributed by atoms with E-state index >= 15 is 0 Å². The van der Waals surface area contributed by atoms with Crippen molar-refractivity contribution in [3.8, 4) is 0 Å². The van der Waals surface area contributed by atoms with Gasteiger partial charge in [-0.05, 0) is 50.0 Å². The molecule has 0 atom stereocenters. The van der Waals surface area contributed by atoms with Gasteiger partial charge in [-0.2, -0.15) is 0 Å². The van der Waals surface area contributed by atoms with Crippen LogP contribution in [0, 0.1) is 5.92 Å². The van der Waals surface area contributed by atoms with E-state index in [2.05, 4.69) is 14.5 Å². The molecule has 2 N–H and O–H groups in total. The van der Waals surface area contributed by atoms with Gasteiger partial charge in [-0.15, -0.1) is 0 Å². The fourth-order valence-corrected chi connectivity index (χ4v) is 4.29. The normalized spacial score (nSPS) is 19.8. The average molecular weight is 284 g/mol. The Morgan fingerprint density at radius 3 is 2.71 bits per heavy atom. The highest BCUT2D eigenvalue weighted by Crippen LogP contribution is 2.35. The third kappa shape index (κ3) is 2.21. The molecule has 4 heteroatoms. The van der Waals surface area contributed by atoms with Crippen molar-refractivity contribution in [3.05, 3.63) is 17.6 Å². The van der Waals surface area contributed by atoms with Crippen molar-refractivity contribution in [3.63, 3.8) is 0 Å². The first-order valence-electron chi connectivity index (χ1n) is 8.45. The molecule has 2 aliphatic carbocycles. The number of nitrogens with zero attached hydrogens (tertiary/aromatic N) is 3. The molecular weight excluding hydrogens is 260 g/mol. The Kier molecular flexibility index (Phi) is 3.32. The van der Waals surface area contributed by atoms with Gasteiger partial charge in [0.05, 0.1) is 5.39 Å². The maximum absolute atomic E-state index is 6.16. The van der Waals surface area contributed by atoms with Crippen molar-refractivity contribution in [2.75, 3.05) is 5.73 Å². The molecule has 112 valence electrons. The minimum absolute atomic E-state index is 0.667. The quantitative estimate of drug-likeness (QED) is 0.918. The summed E-state index contributed by atoms with van der Waals surface area (Å²) in [5.74, 6) is 1.48. The molecule has 2 aromatic rings. The van der Waals surface area contributed by atoms with E-state index in [4.69, 9.17) is 5.73 Å². The van der Waals surface area contributed by atoms with Crippen molar-refractivity contribution >= 4 is 16.9 Å². The monoisotopic (exact) mass is 284 g/mol. The van der Waals surface area contributed by atoms with Gasteiger partial charge >= 0.3 is 0 Å². The van der Waals surface area contributed by atoms with Crippen LogP contribution in [0.25, 0.3) is 11.0 Å². The van der Waals surface area contributed by atoms with E-state index in [9.17, 15) is 0 Å². The van der Waals surface area contributed by atoms with Crippen LogP contribution in [0.5, 0.6) is 0 Å². The molecular formula is C17H24N4. The standard InChI is InChI=1S/C17H24N4/c18-16-15-13-8-4-5-9-14(13)21(17(15)20-11-19-16)10-12-6-2-1-3-7-12/h11-12H,1-10H2,(H2,18,19,20). The second-order valence-corrected chi connectivity index (χ2v) is 6.70. The third-order valence-electron chi connectivity index (χ3n) is 5.34. The second-order valence-electron chi connectivity index (χ2n) is 6.70. The van der Waals surface area contributed by atoms with Crippen LogP contribution in [-0.2, 0) is 19.4 Å². The summed E-state index contributed by atoms with van der Waals surface area (Å²) in [4.78, 5) is 8.81.